The molecule has 1 rings (SSSR count). The van der Waals surface area contributed by atoms with Crippen molar-refractivity contribution in [2.75, 3.05) is 45.9 Å². The smallest absolute Gasteiger partial charge is 0.0546 e. The molecule has 20 heavy (non-hydrogen) atoms. The molecule has 3 heteroatoms. The summed E-state index contributed by atoms with van der Waals surface area (Å²) in [5.74, 6) is 0.721. The first kappa shape index (κ1) is 17.9. The third-order valence-electron chi connectivity index (χ3n) is 4.10. The van der Waals surface area contributed by atoms with Crippen LogP contribution in [0.15, 0.2) is 0 Å². The molecule has 1 saturated heterocycles. The van der Waals surface area contributed by atoms with Crippen LogP contribution in [-0.4, -0.2) is 50.8 Å². The molecule has 1 aliphatic rings. The molecule has 1 unspecified atom stereocenters. The Morgan fingerprint density at radius 2 is 1.90 bits per heavy atom. The molecule has 120 valence electrons. The zero-order chi connectivity index (χ0) is 14.8. The Kier molecular flexibility index (Phi) is 8.74. The lowest BCUT2D eigenvalue weighted by Crippen LogP contribution is -2.49. The first-order valence-corrected chi connectivity index (χ1v) is 8.62. The van der Waals surface area contributed by atoms with Crippen molar-refractivity contribution in [1.29, 1.82) is 0 Å². The number of nitrogens with zero attached hydrogens (tertiary/aromatic N) is 1. The molecule has 1 N–H and O–H groups in total. The van der Waals surface area contributed by atoms with Crippen molar-refractivity contribution in [1.82, 2.24) is 10.2 Å². The van der Waals surface area contributed by atoms with Gasteiger partial charge in [0, 0.05) is 25.1 Å². The number of hydrogen-bond acceptors (Lipinski definition) is 3. The van der Waals surface area contributed by atoms with E-state index in [4.69, 9.17) is 4.74 Å². The molecule has 1 atom stereocenters. The van der Waals surface area contributed by atoms with E-state index in [1.165, 1.54) is 45.3 Å². The van der Waals surface area contributed by atoms with Crippen LogP contribution in [-0.2, 0) is 4.74 Å². The lowest BCUT2D eigenvalue weighted by Gasteiger charge is -2.41. The van der Waals surface area contributed by atoms with Gasteiger partial charge in [-0.25, -0.2) is 0 Å². The van der Waals surface area contributed by atoms with Crippen LogP contribution in [0.1, 0.15) is 53.4 Å². The van der Waals surface area contributed by atoms with Gasteiger partial charge in [-0.15, -0.1) is 0 Å². The molecule has 1 heterocycles. The Morgan fingerprint density at radius 3 is 2.40 bits per heavy atom. The van der Waals surface area contributed by atoms with Gasteiger partial charge in [-0.2, -0.15) is 0 Å². The monoisotopic (exact) mass is 284 g/mol. The maximum Gasteiger partial charge on any atom is 0.0546 e. The van der Waals surface area contributed by atoms with Crippen LogP contribution >= 0.6 is 0 Å². The first-order chi connectivity index (χ1) is 9.62. The van der Waals surface area contributed by atoms with Gasteiger partial charge in [0.2, 0.25) is 0 Å². The predicted octanol–water partition coefficient (Wildman–Crippen LogP) is 3.15. The van der Waals surface area contributed by atoms with Gasteiger partial charge in [0.05, 0.1) is 6.61 Å². The maximum absolute atomic E-state index is 5.83. The molecule has 0 radical (unpaired) electrons. The van der Waals surface area contributed by atoms with Gasteiger partial charge in [-0.1, -0.05) is 27.7 Å². The summed E-state index contributed by atoms with van der Waals surface area (Å²) in [5, 5.41) is 3.68. The van der Waals surface area contributed by atoms with Crippen LogP contribution < -0.4 is 5.32 Å². The topological polar surface area (TPSA) is 24.5 Å². The highest BCUT2D eigenvalue weighted by Gasteiger charge is 2.34. The van der Waals surface area contributed by atoms with E-state index in [1.807, 2.05) is 0 Å². The fourth-order valence-corrected chi connectivity index (χ4v) is 3.23. The van der Waals surface area contributed by atoms with Gasteiger partial charge < -0.3 is 15.0 Å². The van der Waals surface area contributed by atoms with Gasteiger partial charge in [0.25, 0.3) is 0 Å². The van der Waals surface area contributed by atoms with Crippen LogP contribution in [0.2, 0.25) is 0 Å². The fourth-order valence-electron chi connectivity index (χ4n) is 3.23. The predicted molar refractivity (Wildman–Crippen MR) is 87.2 cm³/mol. The summed E-state index contributed by atoms with van der Waals surface area (Å²) in [7, 11) is 0. The molecular formula is C17H36N2O. The highest BCUT2D eigenvalue weighted by Crippen LogP contribution is 2.29. The summed E-state index contributed by atoms with van der Waals surface area (Å²) in [4.78, 5) is 2.64. The first-order valence-electron chi connectivity index (χ1n) is 8.62. The Morgan fingerprint density at radius 1 is 1.20 bits per heavy atom. The molecule has 0 spiro atoms. The lowest BCUT2D eigenvalue weighted by molar-refractivity contribution is -0.0264. The van der Waals surface area contributed by atoms with E-state index in [9.17, 15) is 0 Å². The number of nitrogens with one attached hydrogen (secondary N) is 1. The molecule has 3 nitrogen and oxygen atoms in total. The normalized spacial score (nSPS) is 23.7. The van der Waals surface area contributed by atoms with Crippen molar-refractivity contribution in [3.05, 3.63) is 0 Å². The van der Waals surface area contributed by atoms with Crippen LogP contribution in [0.25, 0.3) is 0 Å². The summed E-state index contributed by atoms with van der Waals surface area (Å²) in [6, 6.07) is 0. The van der Waals surface area contributed by atoms with E-state index in [2.05, 4.69) is 37.9 Å². The van der Waals surface area contributed by atoms with Crippen molar-refractivity contribution in [3.63, 3.8) is 0 Å². The molecule has 0 aromatic heterocycles. The fraction of sp³-hybridized carbons (Fsp3) is 1.00. The SMILES string of the molecule is CCCN(CCC)CC1(CNCC(C)C)CCCOC1. The van der Waals surface area contributed by atoms with Gasteiger partial charge >= 0.3 is 0 Å². The summed E-state index contributed by atoms with van der Waals surface area (Å²) >= 11 is 0. The van der Waals surface area contributed by atoms with Gasteiger partial charge in [0.1, 0.15) is 0 Å². The summed E-state index contributed by atoms with van der Waals surface area (Å²) in [6.07, 6.45) is 5.02. The second kappa shape index (κ2) is 9.75. The lowest BCUT2D eigenvalue weighted by atomic mass is 9.81. The van der Waals surface area contributed by atoms with Crippen molar-refractivity contribution < 1.29 is 4.74 Å². The third kappa shape index (κ3) is 6.55. The average molecular weight is 284 g/mol. The highest BCUT2D eigenvalue weighted by atomic mass is 16.5. The molecule has 0 aromatic carbocycles. The second-order valence-corrected chi connectivity index (χ2v) is 6.96. The molecule has 0 amide bonds. The average Bonchev–Trinajstić information content (AvgIpc) is 2.40. The molecule has 0 saturated carbocycles. The largest absolute Gasteiger partial charge is 0.381 e. The quantitative estimate of drug-likeness (QED) is 0.667. The molecule has 0 bridgehead atoms. The van der Waals surface area contributed by atoms with Crippen molar-refractivity contribution in [2.45, 2.75) is 53.4 Å². The van der Waals surface area contributed by atoms with Gasteiger partial charge in [-0.05, 0) is 51.2 Å². The summed E-state index contributed by atoms with van der Waals surface area (Å²) in [5.41, 5.74) is 0.331. The van der Waals surface area contributed by atoms with E-state index in [-0.39, 0.29) is 0 Å². The van der Waals surface area contributed by atoms with Crippen molar-refractivity contribution >= 4 is 0 Å². The molecule has 1 aliphatic heterocycles. The Balaban J connectivity index is 2.56. The second-order valence-electron chi connectivity index (χ2n) is 6.96. The standard InChI is InChI=1S/C17H36N2O/c1-5-9-19(10-6-2)14-17(8-7-11-20-15-17)13-18-12-16(3)4/h16,18H,5-15H2,1-4H3. The highest BCUT2D eigenvalue weighted by molar-refractivity contribution is 4.87. The molecular weight excluding hydrogens is 248 g/mol. The number of hydrogen-bond donors (Lipinski definition) is 1. The van der Waals surface area contributed by atoms with Crippen LogP contribution in [0.4, 0.5) is 0 Å². The van der Waals surface area contributed by atoms with E-state index >= 15 is 0 Å². The molecule has 0 aromatic rings. The Bertz CT molecular complexity index is 231. The third-order valence-corrected chi connectivity index (χ3v) is 4.10. The van der Waals surface area contributed by atoms with Crippen LogP contribution in [0.5, 0.6) is 0 Å². The van der Waals surface area contributed by atoms with E-state index in [0.29, 0.717) is 5.41 Å². The minimum absolute atomic E-state index is 0.331. The van der Waals surface area contributed by atoms with Gasteiger partial charge in [0.15, 0.2) is 0 Å². The van der Waals surface area contributed by atoms with Crippen LogP contribution in [0, 0.1) is 11.3 Å². The summed E-state index contributed by atoms with van der Waals surface area (Å²) in [6.45, 7) is 16.9. The number of rotatable bonds is 10. The Hall–Kier alpha value is -0.120. The zero-order valence-electron chi connectivity index (χ0n) is 14.2. The van der Waals surface area contributed by atoms with E-state index < -0.39 is 0 Å². The number of ether oxygens (including phenoxy) is 1. The molecule has 1 fully saturated rings. The van der Waals surface area contributed by atoms with Crippen molar-refractivity contribution in [3.8, 4) is 0 Å². The van der Waals surface area contributed by atoms with E-state index in [1.54, 1.807) is 0 Å². The maximum atomic E-state index is 5.83. The summed E-state index contributed by atoms with van der Waals surface area (Å²) < 4.78 is 5.83. The van der Waals surface area contributed by atoms with Crippen LogP contribution in [0.3, 0.4) is 0 Å². The zero-order valence-corrected chi connectivity index (χ0v) is 14.2. The Labute approximate surface area is 126 Å². The molecule has 0 aliphatic carbocycles. The van der Waals surface area contributed by atoms with Crippen molar-refractivity contribution in [2.24, 2.45) is 11.3 Å². The van der Waals surface area contributed by atoms with Gasteiger partial charge in [-0.3, -0.25) is 0 Å². The minimum atomic E-state index is 0.331. The minimum Gasteiger partial charge on any atom is -0.381 e. The van der Waals surface area contributed by atoms with E-state index in [0.717, 1.165) is 32.2 Å².